The van der Waals surface area contributed by atoms with Crippen molar-refractivity contribution >= 4 is 5.69 Å². The summed E-state index contributed by atoms with van der Waals surface area (Å²) in [7, 11) is 0. The summed E-state index contributed by atoms with van der Waals surface area (Å²) in [5.41, 5.74) is 6.94. The second kappa shape index (κ2) is 4.45. The van der Waals surface area contributed by atoms with Crippen molar-refractivity contribution in [2.45, 2.75) is 44.1 Å². The summed E-state index contributed by atoms with van der Waals surface area (Å²) < 4.78 is 0. The molecule has 1 aliphatic carbocycles. The third kappa shape index (κ3) is 1.93. The van der Waals surface area contributed by atoms with Crippen molar-refractivity contribution in [1.82, 2.24) is 0 Å². The number of para-hydroxylation sites is 1. The lowest BCUT2D eigenvalue weighted by Gasteiger charge is -2.33. The Balaban J connectivity index is 2.54. The number of nitro groups is 1. The van der Waals surface area contributed by atoms with Crippen LogP contribution in [-0.4, -0.2) is 11.0 Å². The van der Waals surface area contributed by atoms with E-state index in [0.29, 0.717) is 0 Å². The van der Waals surface area contributed by atoms with Crippen LogP contribution in [0.1, 0.15) is 38.2 Å². The van der Waals surface area contributed by atoms with Gasteiger partial charge in [0.15, 0.2) is 0 Å². The van der Waals surface area contributed by atoms with E-state index in [1.165, 1.54) is 0 Å². The Hall–Kier alpha value is -1.42. The first-order chi connectivity index (χ1) is 8.08. The molecular formula is C13H18N2O2. The molecule has 4 heteroatoms. The van der Waals surface area contributed by atoms with Crippen LogP contribution in [0.4, 0.5) is 5.69 Å². The lowest BCUT2D eigenvalue weighted by molar-refractivity contribution is -0.386. The summed E-state index contributed by atoms with van der Waals surface area (Å²) in [6, 6.07) is 6.98. The molecule has 0 aromatic heterocycles. The van der Waals surface area contributed by atoms with Gasteiger partial charge in [-0.05, 0) is 19.8 Å². The van der Waals surface area contributed by atoms with Crippen LogP contribution in [0.5, 0.6) is 0 Å². The molecule has 1 atom stereocenters. The molecule has 1 aromatic carbocycles. The minimum absolute atomic E-state index is 0.0499. The van der Waals surface area contributed by atoms with E-state index in [1.807, 2.05) is 19.1 Å². The standard InChI is InChI=1S/C13H18N2O2/c1-10(14)13(8-4-5-9-13)11-6-2-3-7-12(11)15(16)17/h2-3,6-7,10H,4-5,8-9,14H2,1H3. The SMILES string of the molecule is CC(N)C1(c2ccccc2[N+](=O)[O-])CCCC1. The maximum Gasteiger partial charge on any atom is 0.273 e. The highest BCUT2D eigenvalue weighted by Crippen LogP contribution is 2.46. The second-order valence-corrected chi connectivity index (χ2v) is 4.93. The summed E-state index contributed by atoms with van der Waals surface area (Å²) in [5, 5.41) is 11.1. The molecule has 0 radical (unpaired) electrons. The summed E-state index contributed by atoms with van der Waals surface area (Å²) >= 11 is 0. The van der Waals surface area contributed by atoms with E-state index in [4.69, 9.17) is 5.73 Å². The molecule has 0 saturated heterocycles. The van der Waals surface area contributed by atoms with Gasteiger partial charge in [0.05, 0.1) is 4.92 Å². The van der Waals surface area contributed by atoms with Crippen LogP contribution in [0.15, 0.2) is 24.3 Å². The molecule has 1 aromatic rings. The molecule has 1 fully saturated rings. The first-order valence-electron chi connectivity index (χ1n) is 6.07. The van der Waals surface area contributed by atoms with E-state index in [1.54, 1.807) is 12.1 Å². The number of rotatable bonds is 3. The van der Waals surface area contributed by atoms with Crippen LogP contribution in [0.2, 0.25) is 0 Å². The van der Waals surface area contributed by atoms with Crippen LogP contribution in [-0.2, 0) is 5.41 Å². The first-order valence-corrected chi connectivity index (χ1v) is 6.07. The number of nitro benzene ring substituents is 1. The van der Waals surface area contributed by atoms with Gasteiger partial charge in [0.2, 0.25) is 0 Å². The zero-order valence-electron chi connectivity index (χ0n) is 10.1. The normalized spacial score (nSPS) is 20.1. The fraction of sp³-hybridized carbons (Fsp3) is 0.538. The number of nitrogens with two attached hydrogens (primary N) is 1. The zero-order valence-corrected chi connectivity index (χ0v) is 10.1. The Labute approximate surface area is 101 Å². The minimum atomic E-state index is -0.294. The van der Waals surface area contributed by atoms with Crippen molar-refractivity contribution in [2.75, 3.05) is 0 Å². The number of benzene rings is 1. The van der Waals surface area contributed by atoms with Gasteiger partial charge in [-0.3, -0.25) is 10.1 Å². The molecule has 0 heterocycles. The summed E-state index contributed by atoms with van der Waals surface area (Å²) in [4.78, 5) is 10.8. The van der Waals surface area contributed by atoms with E-state index in [9.17, 15) is 10.1 Å². The third-order valence-electron chi connectivity index (χ3n) is 4.00. The largest absolute Gasteiger partial charge is 0.327 e. The minimum Gasteiger partial charge on any atom is -0.327 e. The molecule has 0 amide bonds. The van der Waals surface area contributed by atoms with E-state index in [-0.39, 0.29) is 22.1 Å². The monoisotopic (exact) mass is 234 g/mol. The molecule has 92 valence electrons. The topological polar surface area (TPSA) is 69.2 Å². The lowest BCUT2D eigenvalue weighted by atomic mass is 9.73. The molecular weight excluding hydrogens is 216 g/mol. The Kier molecular flexibility index (Phi) is 3.15. The average Bonchev–Trinajstić information content (AvgIpc) is 2.79. The van der Waals surface area contributed by atoms with Crippen LogP contribution in [0.3, 0.4) is 0 Å². The highest BCUT2D eigenvalue weighted by molar-refractivity contribution is 5.46. The van der Waals surface area contributed by atoms with Crippen LogP contribution >= 0.6 is 0 Å². The molecule has 1 saturated carbocycles. The molecule has 0 spiro atoms. The first kappa shape index (κ1) is 12.0. The van der Waals surface area contributed by atoms with Crippen LogP contribution in [0, 0.1) is 10.1 Å². The summed E-state index contributed by atoms with van der Waals surface area (Å²) in [6.45, 7) is 1.96. The molecule has 17 heavy (non-hydrogen) atoms. The quantitative estimate of drug-likeness (QED) is 0.645. The molecule has 1 unspecified atom stereocenters. The van der Waals surface area contributed by atoms with Crippen LogP contribution in [0.25, 0.3) is 0 Å². The number of hydrogen-bond acceptors (Lipinski definition) is 3. The Bertz CT molecular complexity index is 423. The molecule has 2 N–H and O–H groups in total. The third-order valence-corrected chi connectivity index (χ3v) is 4.00. The predicted octanol–water partition coefficient (Wildman–Crippen LogP) is 2.75. The molecule has 4 nitrogen and oxygen atoms in total. The predicted molar refractivity (Wildman–Crippen MR) is 66.9 cm³/mol. The smallest absolute Gasteiger partial charge is 0.273 e. The van der Waals surface area contributed by atoms with E-state index >= 15 is 0 Å². The highest BCUT2D eigenvalue weighted by atomic mass is 16.6. The molecule has 1 aliphatic rings. The van der Waals surface area contributed by atoms with Gasteiger partial charge in [-0.15, -0.1) is 0 Å². The van der Waals surface area contributed by atoms with Crippen molar-refractivity contribution in [3.8, 4) is 0 Å². The van der Waals surface area contributed by atoms with Gasteiger partial charge >= 0.3 is 0 Å². The summed E-state index contributed by atoms with van der Waals surface area (Å²) in [5.74, 6) is 0. The zero-order chi connectivity index (χ0) is 12.5. The summed E-state index contributed by atoms with van der Waals surface area (Å²) in [6.07, 6.45) is 4.12. The van der Waals surface area contributed by atoms with Gasteiger partial charge in [0.1, 0.15) is 0 Å². The van der Waals surface area contributed by atoms with Crippen molar-refractivity contribution in [3.05, 3.63) is 39.9 Å². The van der Waals surface area contributed by atoms with E-state index in [2.05, 4.69) is 0 Å². The second-order valence-electron chi connectivity index (χ2n) is 4.93. The molecule has 0 bridgehead atoms. The maximum atomic E-state index is 11.1. The van der Waals surface area contributed by atoms with Crippen molar-refractivity contribution < 1.29 is 4.92 Å². The molecule has 0 aliphatic heterocycles. The van der Waals surface area contributed by atoms with Crippen molar-refractivity contribution in [1.29, 1.82) is 0 Å². The van der Waals surface area contributed by atoms with Crippen LogP contribution < -0.4 is 5.73 Å². The van der Waals surface area contributed by atoms with E-state index in [0.717, 1.165) is 31.2 Å². The lowest BCUT2D eigenvalue weighted by Crippen LogP contribution is -2.41. The Morgan fingerprint density at radius 2 is 1.94 bits per heavy atom. The van der Waals surface area contributed by atoms with Gasteiger partial charge in [0.25, 0.3) is 5.69 Å². The fourth-order valence-corrected chi connectivity index (χ4v) is 3.03. The number of hydrogen-bond donors (Lipinski definition) is 1. The van der Waals surface area contributed by atoms with Crippen molar-refractivity contribution in [3.63, 3.8) is 0 Å². The molecule has 2 rings (SSSR count). The van der Waals surface area contributed by atoms with Gasteiger partial charge in [0, 0.05) is 23.1 Å². The maximum absolute atomic E-state index is 11.1. The van der Waals surface area contributed by atoms with E-state index < -0.39 is 0 Å². The van der Waals surface area contributed by atoms with Crippen molar-refractivity contribution in [2.24, 2.45) is 5.73 Å². The van der Waals surface area contributed by atoms with Gasteiger partial charge in [-0.1, -0.05) is 31.0 Å². The van der Waals surface area contributed by atoms with Gasteiger partial charge in [-0.25, -0.2) is 0 Å². The van der Waals surface area contributed by atoms with Gasteiger partial charge in [-0.2, -0.15) is 0 Å². The Morgan fingerprint density at radius 3 is 2.47 bits per heavy atom. The average molecular weight is 234 g/mol. The van der Waals surface area contributed by atoms with Gasteiger partial charge < -0.3 is 5.73 Å². The Morgan fingerprint density at radius 1 is 1.35 bits per heavy atom. The number of nitrogens with zero attached hydrogens (tertiary/aromatic N) is 1. The fourth-order valence-electron chi connectivity index (χ4n) is 3.03. The highest BCUT2D eigenvalue weighted by Gasteiger charge is 2.42.